The van der Waals surface area contributed by atoms with Crippen LogP contribution in [0.25, 0.3) is 0 Å². The summed E-state index contributed by atoms with van der Waals surface area (Å²) >= 11 is 28.6. The van der Waals surface area contributed by atoms with Crippen LogP contribution in [-0.4, -0.2) is 222 Å². The van der Waals surface area contributed by atoms with Crippen molar-refractivity contribution in [1.82, 2.24) is 29.4 Å². The van der Waals surface area contributed by atoms with Crippen LogP contribution in [-0.2, 0) is 0 Å². The second kappa shape index (κ2) is 59.5. The number of likely N-dealkylation sites (N-methyl/N-ethyl adjacent to an activating group) is 6. The Morgan fingerprint density at radius 2 is 0.366 bits per heavy atom. The molecule has 2 heterocycles. The Morgan fingerprint density at radius 3 is 0.415 bits per heavy atom. The zero-order valence-electron chi connectivity index (χ0n) is 25.2. The predicted octanol–water partition coefficient (Wildman–Crippen LogP) is -6.42. The van der Waals surface area contributed by atoms with E-state index < -0.39 is 0 Å². The Morgan fingerprint density at radius 1 is 0.317 bits per heavy atom. The van der Waals surface area contributed by atoms with Crippen molar-refractivity contribution in [3.8, 4) is 0 Å². The number of nitrogens with zero attached hydrogens (tertiary/aromatic N) is 6. The van der Waals surface area contributed by atoms with E-state index in [2.05, 4.69) is 71.7 Å². The van der Waals surface area contributed by atoms with Gasteiger partial charge in [-0.05, 0) is 42.3 Å². The van der Waals surface area contributed by atoms with Crippen molar-refractivity contribution in [3.63, 3.8) is 0 Å². The zero-order chi connectivity index (χ0) is 26.1. The molecule has 2 fully saturated rings. The van der Waals surface area contributed by atoms with Gasteiger partial charge in [0, 0.05) is 78.5 Å². The van der Waals surface area contributed by atoms with Crippen molar-refractivity contribution in [2.24, 2.45) is 0 Å². The van der Waals surface area contributed by atoms with E-state index in [9.17, 15) is 0 Å². The molecule has 2 aliphatic heterocycles. The third-order valence-corrected chi connectivity index (χ3v) is 5.18. The average molecular weight is 1030 g/mol. The summed E-state index contributed by atoms with van der Waals surface area (Å²) in [6.45, 7) is 14.4. The second-order valence-corrected chi connectivity index (χ2v) is 10.5. The summed E-state index contributed by atoms with van der Waals surface area (Å²) in [6, 6.07) is 0. The van der Waals surface area contributed by atoms with Crippen LogP contribution in [0.2, 0.25) is 0 Å². The predicted molar refractivity (Wildman–Crippen MR) is 172 cm³/mol. The molecule has 0 bridgehead atoms. The molecule has 0 aromatic rings. The van der Waals surface area contributed by atoms with Gasteiger partial charge in [0.2, 0.25) is 0 Å². The van der Waals surface area contributed by atoms with Gasteiger partial charge in [-0.2, -0.15) is 0 Å². The smallest absolute Gasteiger partial charge is 1.00 e. The van der Waals surface area contributed by atoms with Crippen molar-refractivity contribution < 1.29 is 67.4 Å². The van der Waals surface area contributed by atoms with E-state index in [0.717, 1.165) is 0 Å². The summed E-state index contributed by atoms with van der Waals surface area (Å²) in [4.78, 5) is 14.4. The van der Waals surface area contributed by atoms with Crippen LogP contribution in [0.3, 0.4) is 0 Å². The molecule has 252 valence electrons. The van der Waals surface area contributed by atoms with Gasteiger partial charge in [-0.15, -0.1) is 69.6 Å². The van der Waals surface area contributed by atoms with Crippen molar-refractivity contribution in [1.29, 1.82) is 0 Å². The Labute approximate surface area is 339 Å². The fourth-order valence-corrected chi connectivity index (χ4v) is 2.72. The molecule has 2 saturated heterocycles. The molecule has 2 rings (SSSR count). The quantitative estimate of drug-likeness (QED) is 0.173. The van der Waals surface area contributed by atoms with E-state index in [0.29, 0.717) is 0 Å². The summed E-state index contributed by atoms with van der Waals surface area (Å²) in [7, 11) is 13.2. The third kappa shape index (κ3) is 67.2. The van der Waals surface area contributed by atoms with Gasteiger partial charge in [0.1, 0.15) is 0 Å². The first-order chi connectivity index (χ1) is 15.6. The van der Waals surface area contributed by atoms with Gasteiger partial charge in [0.25, 0.3) is 0 Å². The number of hydrogen-bond donors (Lipinski definition) is 0. The third-order valence-electron chi connectivity index (χ3n) is 5.18. The number of alkyl halides is 6. The van der Waals surface area contributed by atoms with Crippen LogP contribution < -0.4 is 50.9 Å². The minimum absolute atomic E-state index is 0. The van der Waals surface area contributed by atoms with Gasteiger partial charge < -0.3 is 96.8 Å². The molecule has 0 radical (unpaired) electrons. The normalized spacial score (nSPS) is 16.7. The van der Waals surface area contributed by atoms with Crippen LogP contribution in [0.5, 0.6) is 0 Å². The van der Waals surface area contributed by atoms with Gasteiger partial charge >= 0.3 is 39.6 Å². The van der Waals surface area contributed by atoms with Crippen LogP contribution in [0.1, 0.15) is 0 Å². The minimum Gasteiger partial charge on any atom is -1.00 e. The number of halogens is 9. The van der Waals surface area contributed by atoms with Crippen molar-refractivity contribution in [2.45, 2.75) is 0 Å². The van der Waals surface area contributed by atoms with Crippen LogP contribution in [0, 0.1) is 0 Å². The molecule has 3 N–H and O–H groups in total. The molecule has 0 saturated carbocycles. The molecule has 9 nitrogen and oxygen atoms in total. The molecule has 20 heteroatoms. The monoisotopic (exact) mass is 1020 g/mol. The number of rotatable bonds is 0. The first kappa shape index (κ1) is 75.4. The Bertz CT molecular complexity index is 312. The molecule has 0 aromatic carbocycles. The van der Waals surface area contributed by atoms with Crippen LogP contribution in [0.4, 0.5) is 0 Å². The topological polar surface area (TPSA) is 109 Å². The zero-order valence-corrected chi connectivity index (χ0v) is 39.3. The fourth-order valence-electron chi connectivity index (χ4n) is 2.72. The average Bonchev–Trinajstić information content (AvgIpc) is 2.88. The van der Waals surface area contributed by atoms with Crippen LogP contribution >= 0.6 is 69.6 Å². The van der Waals surface area contributed by atoms with E-state index in [1.807, 2.05) is 0 Å². The second-order valence-electron chi connectivity index (χ2n) is 8.12. The maximum Gasteiger partial charge on any atom is 3.00 e. The molecule has 0 aromatic heterocycles. The molecule has 0 aliphatic carbocycles. The summed E-state index contributed by atoms with van der Waals surface area (Å²) in [5.74, 6) is 0. The van der Waals surface area contributed by atoms with E-state index in [-0.39, 0.29) is 123 Å². The van der Waals surface area contributed by atoms with Gasteiger partial charge in [-0.1, -0.05) is 0 Å². The Kier molecular flexibility index (Phi) is 109. The first-order valence-electron chi connectivity index (χ1n) is 11.1. The number of hydrogen-bond acceptors (Lipinski definition) is 9. The maximum atomic E-state index is 4.76. The molecule has 0 atom stereocenters. The van der Waals surface area contributed by atoms with Crippen LogP contribution in [0.15, 0.2) is 0 Å². The van der Waals surface area contributed by atoms with Crippen molar-refractivity contribution in [3.05, 3.63) is 0 Å². The van der Waals surface area contributed by atoms with E-state index in [4.69, 9.17) is 69.6 Å². The molecule has 0 amide bonds. The van der Waals surface area contributed by atoms with Crippen molar-refractivity contribution in [2.75, 3.05) is 137 Å². The van der Waals surface area contributed by atoms with Crippen molar-refractivity contribution >= 4 is 109 Å². The SMILES string of the molecule is CN1CCN(C)CCN(C)CC1.CN1CCN(C)CCN(C)CC1.ClCCl.ClCCl.ClCCl.[Br-].[Br-].[Br-].[Ga+3].[Ga+3].[OH-].[OH-].[OH-]. The molecule has 41 heavy (non-hydrogen) atoms. The van der Waals surface area contributed by atoms with E-state index >= 15 is 0 Å². The summed E-state index contributed by atoms with van der Waals surface area (Å²) in [6.07, 6.45) is 0. The molecule has 0 unspecified atom stereocenters. The molecular weight excluding hydrogens is 976 g/mol. The Hall–Kier alpha value is 4.09. The molecule has 2 aliphatic rings. The first-order valence-corrected chi connectivity index (χ1v) is 14.3. The largest absolute Gasteiger partial charge is 3.00 e. The fraction of sp³-hybridized carbons (Fsp3) is 1.00. The van der Waals surface area contributed by atoms with Gasteiger partial charge in [0.05, 0.1) is 16.0 Å². The van der Waals surface area contributed by atoms with Gasteiger partial charge in [-0.3, -0.25) is 0 Å². The van der Waals surface area contributed by atoms with Gasteiger partial charge in [0.15, 0.2) is 0 Å². The molecule has 0 spiro atoms. The van der Waals surface area contributed by atoms with E-state index in [1.54, 1.807) is 0 Å². The summed E-state index contributed by atoms with van der Waals surface area (Å²) < 4.78 is 0. The minimum atomic E-state index is 0. The summed E-state index contributed by atoms with van der Waals surface area (Å²) in [5.41, 5.74) is 0. The molecular formula is C21H51Br3Cl6Ga2N6O3. The van der Waals surface area contributed by atoms with Gasteiger partial charge in [-0.25, -0.2) is 0 Å². The standard InChI is InChI=1S/2C9H21N3.3CH2Cl2.3BrH.2Ga.3H2O/c2*1-10-4-6-11(2)8-9-12(3)7-5-10;3*2-1-3;;;;;;;;/h2*4-9H2,1-3H3;3*1H2;3*1H;;;3*1H2/q;;;;;;;;2*+3;;;/p-6. The Balaban J connectivity index is -0.0000000328. The maximum absolute atomic E-state index is 4.76. The van der Waals surface area contributed by atoms with E-state index in [1.165, 1.54) is 78.5 Å². The summed E-state index contributed by atoms with van der Waals surface area (Å²) in [5, 5.41) is 0.583.